The Bertz CT molecular complexity index is 5930. The van der Waals surface area contributed by atoms with Crippen LogP contribution >= 0.6 is 0 Å². The molecule has 0 amide bonds. The summed E-state index contributed by atoms with van der Waals surface area (Å²) < 4.78 is 77.1. The summed E-state index contributed by atoms with van der Waals surface area (Å²) in [4.78, 5) is 99.8. The van der Waals surface area contributed by atoms with E-state index < -0.39 is 47.8 Å². The van der Waals surface area contributed by atoms with Crippen LogP contribution in [0.2, 0.25) is 0 Å². The first-order valence-corrected chi connectivity index (χ1v) is 42.1. The van der Waals surface area contributed by atoms with Crippen LogP contribution in [0, 0.1) is 191 Å². The molecule has 0 saturated carbocycles. The van der Waals surface area contributed by atoms with Crippen LogP contribution in [-0.4, -0.2) is 113 Å². The molecule has 0 aliphatic carbocycles. The zero-order chi connectivity index (χ0) is 90.4. The van der Waals surface area contributed by atoms with Crippen LogP contribution in [0.1, 0.15) is 165 Å². The number of benzene rings is 12. The molecule has 4 aliphatic heterocycles. The molecule has 4 fully saturated rings. The van der Waals surface area contributed by atoms with E-state index in [2.05, 4.69) is 13.8 Å². The fourth-order valence-electron chi connectivity index (χ4n) is 12.9. The van der Waals surface area contributed by atoms with Gasteiger partial charge in [-0.25, -0.2) is 38.4 Å². The van der Waals surface area contributed by atoms with Crippen LogP contribution in [0.4, 0.5) is 0 Å². The van der Waals surface area contributed by atoms with Crippen molar-refractivity contribution in [2.24, 2.45) is 10.8 Å². The molecule has 0 N–H and O–H groups in total. The standard InChI is InChI=1S/2C27H26O6.2C26H24O5.4U/c1-18-4-8-20(9-5-18)25(28)32-22-12-13-23(24(14-22)31-17-27(3)15-30-16-27)33-26(29)21-10-6-19(2)7-11-21;1-18-4-6-20(7-5-18)25(28)32-23-12-13-24(19(2)14-23)33-26(29)21-8-10-22(11-9-21)31-17-27(3)15-30-16-27;1-17-3-8-20(9-4-17)25(27)30-22-13-14-24(18(2)15-22)31-26(28)21-10-5-19(6-11-21)7-12-23-16-29-23;1-17-3-7-19(8-4-17)25(27)30-22-13-14-24(21(15-22)11-12-23-16-29-23)31-26(28)20-9-5-18(2)6-10-20;;;;/h2*4-14H,15-17H2,1-3H3;3-6,8-11,13-15,23H,7,12,16H2,1-2H3;3-10,13-15,23H,11-12,16H2,1-2H3;;;;. The van der Waals surface area contributed by atoms with Gasteiger partial charge < -0.3 is 66.3 Å². The van der Waals surface area contributed by atoms with Crippen molar-refractivity contribution in [1.29, 1.82) is 0 Å². The smallest absolute Gasteiger partial charge is 0.343 e. The van der Waals surface area contributed by atoms with E-state index in [1.165, 1.54) is 5.56 Å². The molecule has 2 unspecified atom stereocenters. The molecule has 132 heavy (non-hydrogen) atoms. The first-order chi connectivity index (χ1) is 61.6. The summed E-state index contributed by atoms with van der Waals surface area (Å²) >= 11 is 0. The number of esters is 8. The maximum Gasteiger partial charge on any atom is 0.343 e. The molecule has 22 nitrogen and oxygen atoms in total. The van der Waals surface area contributed by atoms with Gasteiger partial charge in [0.2, 0.25) is 0 Å². The number of carbonyl (C=O) groups excluding carboxylic acids is 8. The molecular formula is C106H100O22U4. The van der Waals surface area contributed by atoms with Crippen molar-refractivity contribution in [3.05, 3.63) is 367 Å². The molecule has 0 spiro atoms. The molecule has 12 aromatic rings. The average Bonchev–Trinajstić information content (AvgIpc) is 1.76. The number of hydrogen-bond donors (Lipinski definition) is 0. The van der Waals surface area contributed by atoms with Crippen molar-refractivity contribution < 1.29 is 229 Å². The fraction of sp³-hybridized carbons (Fsp3) is 0.245. The molecule has 4 saturated heterocycles. The number of ether oxygens (including phenoxy) is 14. The number of carbonyl (C=O) groups is 8. The summed E-state index contributed by atoms with van der Waals surface area (Å²) in [5.74, 6) is 0.403. The third-order valence-electron chi connectivity index (χ3n) is 21.2. The van der Waals surface area contributed by atoms with Crippen LogP contribution < -0.4 is 47.4 Å². The molecule has 0 aromatic heterocycles. The minimum atomic E-state index is -0.498. The summed E-state index contributed by atoms with van der Waals surface area (Å²) in [7, 11) is 0. The minimum absolute atomic E-state index is 0. The van der Waals surface area contributed by atoms with Gasteiger partial charge >= 0.3 is 47.8 Å². The molecule has 672 valence electrons. The number of rotatable bonds is 28. The second-order valence-electron chi connectivity index (χ2n) is 32.9. The third kappa shape index (κ3) is 32.1. The Kier molecular flexibility index (Phi) is 40.4. The van der Waals surface area contributed by atoms with Crippen LogP contribution in [0.25, 0.3) is 0 Å². The van der Waals surface area contributed by atoms with Gasteiger partial charge in [-0.3, -0.25) is 0 Å². The molecule has 12 aromatic carbocycles. The quantitative estimate of drug-likeness (QED) is 0.0250. The van der Waals surface area contributed by atoms with E-state index in [0.717, 1.165) is 71.4 Å². The van der Waals surface area contributed by atoms with Crippen LogP contribution in [0.5, 0.6) is 57.5 Å². The number of epoxide rings is 2. The predicted octanol–water partition coefficient (Wildman–Crippen LogP) is 20.5. The third-order valence-corrected chi connectivity index (χ3v) is 21.2. The summed E-state index contributed by atoms with van der Waals surface area (Å²) in [6, 6.07) is 76.9. The maximum atomic E-state index is 12.6. The van der Waals surface area contributed by atoms with Crippen molar-refractivity contribution in [2.75, 3.05) is 52.9 Å². The van der Waals surface area contributed by atoms with E-state index in [1.54, 1.807) is 196 Å². The average molecular weight is 2680 g/mol. The Morgan fingerprint density at radius 3 is 0.833 bits per heavy atom. The first kappa shape index (κ1) is 106. The maximum absolute atomic E-state index is 12.6. The van der Waals surface area contributed by atoms with E-state index in [1.807, 2.05) is 126 Å². The molecule has 0 radical (unpaired) electrons. The molecule has 26 heteroatoms. The monoisotopic (exact) mass is 2680 g/mol. The van der Waals surface area contributed by atoms with E-state index in [-0.39, 0.29) is 147 Å². The molecule has 4 aliphatic rings. The summed E-state index contributed by atoms with van der Waals surface area (Å²) in [6.45, 7) is 24.6. The summed E-state index contributed by atoms with van der Waals surface area (Å²) in [5, 5.41) is 0. The molecule has 4 heterocycles. The van der Waals surface area contributed by atoms with Gasteiger partial charge in [-0.2, -0.15) is 0 Å². The van der Waals surface area contributed by atoms with Crippen molar-refractivity contribution >= 4 is 47.8 Å². The van der Waals surface area contributed by atoms with E-state index >= 15 is 0 Å². The van der Waals surface area contributed by atoms with E-state index in [0.29, 0.717) is 160 Å². The van der Waals surface area contributed by atoms with Gasteiger partial charge in [0.1, 0.15) is 46.0 Å². The molecule has 0 bridgehead atoms. The van der Waals surface area contributed by atoms with Crippen LogP contribution in [0.3, 0.4) is 0 Å². The second kappa shape index (κ2) is 50.4. The van der Waals surface area contributed by atoms with E-state index in [9.17, 15) is 38.4 Å². The van der Waals surface area contributed by atoms with E-state index in [4.69, 9.17) is 66.3 Å². The topological polar surface area (TPSA) is 272 Å². The van der Waals surface area contributed by atoms with Crippen molar-refractivity contribution in [1.82, 2.24) is 0 Å². The Morgan fingerprint density at radius 1 is 0.273 bits per heavy atom. The molecular weight excluding hydrogens is 2580 g/mol. The van der Waals surface area contributed by atoms with Gasteiger partial charge in [0.15, 0.2) is 11.5 Å². The number of hydrogen-bond acceptors (Lipinski definition) is 22. The zero-order valence-corrected chi connectivity index (χ0v) is 91.7. The fourth-order valence-corrected chi connectivity index (χ4v) is 12.9. The van der Waals surface area contributed by atoms with Crippen molar-refractivity contribution in [3.63, 3.8) is 0 Å². The van der Waals surface area contributed by atoms with Crippen LogP contribution in [-0.2, 0) is 31.8 Å². The SMILES string of the molecule is Cc1ccc(C(=O)Oc2ccc(OC(=O)c3ccc(C)cc3)c(CCC3CO3)c2)cc1.Cc1ccc(C(=O)Oc2ccc(OC(=O)c3ccc(C)cc3)c(OCC3(C)COC3)c2)cc1.Cc1ccc(C(=O)Oc2ccc(OC(=O)c3ccc(CCC4CO4)cc3)c(C)c2)cc1.Cc1ccc(C(=O)Oc2ccc(OC(=O)c3ccc(OCC4(C)COC4)cc3)c(C)c2)cc1.[U].[U].[U].[U]. The Hall–Kier alpha value is -9.95. The second-order valence-corrected chi connectivity index (χ2v) is 32.9. The van der Waals surface area contributed by atoms with Crippen molar-refractivity contribution in [3.8, 4) is 57.5 Å². The van der Waals surface area contributed by atoms with Gasteiger partial charge in [0.05, 0.1) is 110 Å². The molecule has 16 rings (SSSR count). The minimum Gasteiger partial charge on any atom is -0.493 e. The largest absolute Gasteiger partial charge is 0.493 e. The van der Waals surface area contributed by atoms with Gasteiger partial charge in [0.25, 0.3) is 0 Å². The first-order valence-electron chi connectivity index (χ1n) is 42.1. The molecule has 2 atom stereocenters. The van der Waals surface area contributed by atoms with Crippen LogP contribution in [0.15, 0.2) is 267 Å². The van der Waals surface area contributed by atoms with Gasteiger partial charge in [-0.15, -0.1) is 0 Å². The van der Waals surface area contributed by atoms with Gasteiger partial charge in [-0.05, 0) is 279 Å². The van der Waals surface area contributed by atoms with Gasteiger partial charge in [0, 0.05) is 141 Å². The Morgan fingerprint density at radius 2 is 0.523 bits per heavy atom. The normalized spacial score (nSPS) is 14.0. The van der Waals surface area contributed by atoms with Crippen molar-refractivity contribution in [2.45, 2.75) is 107 Å². The Balaban J connectivity index is 0.000000196. The number of aryl methyl sites for hydroxylation is 10. The Labute approximate surface area is 863 Å². The van der Waals surface area contributed by atoms with Gasteiger partial charge in [-0.1, -0.05) is 132 Å². The summed E-state index contributed by atoms with van der Waals surface area (Å²) in [5.41, 5.74) is 13.3. The zero-order valence-electron chi connectivity index (χ0n) is 75.0. The summed E-state index contributed by atoms with van der Waals surface area (Å²) in [6.07, 6.45) is 4.03. The predicted molar refractivity (Wildman–Crippen MR) is 480 cm³/mol.